The second-order valence-electron chi connectivity index (χ2n) is 18.5. The Morgan fingerprint density at radius 3 is 1.78 bits per heavy atom. The van der Waals surface area contributed by atoms with E-state index >= 15 is 0 Å². The predicted molar refractivity (Wildman–Crippen MR) is 275 cm³/mol. The lowest BCUT2D eigenvalue weighted by Crippen LogP contribution is -2.25. The van der Waals surface area contributed by atoms with Crippen molar-refractivity contribution in [3.8, 4) is 17.1 Å². The summed E-state index contributed by atoms with van der Waals surface area (Å²) in [4.78, 5) is 2.57. The van der Waals surface area contributed by atoms with Crippen molar-refractivity contribution < 1.29 is 0 Å². The maximum atomic E-state index is 2.57. The minimum atomic E-state index is 0.505. The molecule has 10 rings (SSSR count). The van der Waals surface area contributed by atoms with Crippen LogP contribution >= 0.6 is 0 Å². The maximum absolute atomic E-state index is 2.57. The van der Waals surface area contributed by atoms with E-state index in [1.807, 2.05) is 0 Å². The molecule has 1 aliphatic heterocycles. The highest BCUT2D eigenvalue weighted by atomic mass is 15.2. The molecule has 0 bridgehead atoms. The number of aromatic nitrogens is 3. The van der Waals surface area contributed by atoms with Crippen molar-refractivity contribution >= 4 is 56.6 Å². The van der Waals surface area contributed by atoms with Crippen LogP contribution in [0.4, 0.5) is 5.69 Å². The Morgan fingerprint density at radius 1 is 0.508 bits per heavy atom. The van der Waals surface area contributed by atoms with Crippen molar-refractivity contribution in [2.45, 2.75) is 136 Å². The molecule has 4 heteroatoms. The molecule has 7 aromatic rings. The Hall–Kier alpha value is -5.48. The van der Waals surface area contributed by atoms with Gasteiger partial charge in [0.05, 0.1) is 27.9 Å². The Kier molecular flexibility index (Phi) is 13.2. The lowest BCUT2D eigenvalue weighted by Gasteiger charge is -2.25. The molecule has 0 saturated carbocycles. The van der Waals surface area contributed by atoms with E-state index in [0.717, 1.165) is 32.4 Å². The molecular formula is C59H70N4. The number of allylic oxidation sites excluding steroid dienone is 2. The minimum Gasteiger partial charge on any atom is -0.366 e. The third-order valence-electron chi connectivity index (χ3n) is 14.4. The normalized spacial score (nSPS) is 19.0. The molecule has 0 radical (unpaired) electrons. The highest BCUT2D eigenvalue weighted by Gasteiger charge is 2.28. The standard InChI is InChI=1S/C54H58N4.C5H12/c1-4-39-23-14-9-7-11-18-29-50-53(39)44-36-41(31-33-47(44)56(50)40-24-15-12-16-25-40)58-48-34-32-42(37-45(48)54-51(58)30-21-35-55(54)5-2)57-46-27-20-19-26-43(46)52-38(3)22-13-8-6-10-17-28-49(52)57;1-3-5-4-2/h12,15-21,24-34,36-39H,4-11,13-14,22-23,35H2,1-3H3;3-5H2,1-2H3/b28-17-,29-18-;. The highest BCUT2D eigenvalue weighted by molar-refractivity contribution is 6.03. The van der Waals surface area contributed by atoms with E-state index in [1.54, 1.807) is 0 Å². The smallest absolute Gasteiger partial charge is 0.0709 e. The van der Waals surface area contributed by atoms with Gasteiger partial charge in [-0.3, -0.25) is 0 Å². The zero-order valence-corrected chi connectivity index (χ0v) is 38.9. The molecule has 3 aliphatic rings. The number of hydrogen-bond acceptors (Lipinski definition) is 1. The van der Waals surface area contributed by atoms with E-state index in [4.69, 9.17) is 0 Å². The third-order valence-corrected chi connectivity index (χ3v) is 14.4. The second-order valence-corrected chi connectivity index (χ2v) is 18.5. The van der Waals surface area contributed by atoms with Crippen LogP contribution in [-0.4, -0.2) is 26.8 Å². The summed E-state index contributed by atoms with van der Waals surface area (Å²) in [5, 5.41) is 4.10. The molecule has 2 aliphatic carbocycles. The van der Waals surface area contributed by atoms with Crippen molar-refractivity contribution in [3.05, 3.63) is 137 Å². The van der Waals surface area contributed by atoms with Crippen LogP contribution in [0.3, 0.4) is 0 Å². The molecule has 2 atom stereocenters. The van der Waals surface area contributed by atoms with Gasteiger partial charge in [0, 0.05) is 57.7 Å². The molecule has 3 aromatic heterocycles. The number of rotatable bonds is 7. The fraction of sp³-hybridized carbons (Fsp3) is 0.390. The molecule has 4 aromatic carbocycles. The molecule has 0 fully saturated rings. The molecule has 0 N–H and O–H groups in total. The maximum Gasteiger partial charge on any atom is 0.0709 e. The van der Waals surface area contributed by atoms with Crippen LogP contribution in [0.2, 0.25) is 0 Å². The summed E-state index contributed by atoms with van der Waals surface area (Å²) in [5.74, 6) is 1.01. The predicted octanol–water partition coefficient (Wildman–Crippen LogP) is 17.1. The molecule has 4 nitrogen and oxygen atoms in total. The average Bonchev–Trinajstić information content (AvgIpc) is 3.95. The van der Waals surface area contributed by atoms with Gasteiger partial charge < -0.3 is 18.6 Å². The van der Waals surface area contributed by atoms with Gasteiger partial charge in [-0.2, -0.15) is 0 Å². The molecule has 63 heavy (non-hydrogen) atoms. The van der Waals surface area contributed by atoms with E-state index in [1.165, 1.54) is 154 Å². The summed E-state index contributed by atoms with van der Waals surface area (Å²) in [6.07, 6.45) is 32.2. The summed E-state index contributed by atoms with van der Waals surface area (Å²) in [6, 6.07) is 34.8. The Labute approximate surface area is 377 Å². The van der Waals surface area contributed by atoms with Crippen LogP contribution < -0.4 is 4.90 Å². The van der Waals surface area contributed by atoms with E-state index in [-0.39, 0.29) is 0 Å². The van der Waals surface area contributed by atoms with Crippen molar-refractivity contribution in [1.82, 2.24) is 13.7 Å². The summed E-state index contributed by atoms with van der Waals surface area (Å²) in [6.45, 7) is 13.4. The van der Waals surface area contributed by atoms with E-state index < -0.39 is 0 Å². The average molecular weight is 835 g/mol. The number of benzene rings is 4. The van der Waals surface area contributed by atoms with Crippen LogP contribution in [-0.2, 0) is 0 Å². The topological polar surface area (TPSA) is 18.0 Å². The lowest BCUT2D eigenvalue weighted by atomic mass is 9.87. The fourth-order valence-electron chi connectivity index (χ4n) is 11.2. The molecule has 326 valence electrons. The number of anilines is 1. The van der Waals surface area contributed by atoms with Gasteiger partial charge in [-0.05, 0) is 148 Å². The zero-order valence-electron chi connectivity index (χ0n) is 38.9. The van der Waals surface area contributed by atoms with Gasteiger partial charge in [0.2, 0.25) is 0 Å². The summed E-state index contributed by atoms with van der Waals surface area (Å²) >= 11 is 0. The Balaban J connectivity index is 0.000000956. The van der Waals surface area contributed by atoms with Crippen molar-refractivity contribution in [2.75, 3.05) is 18.0 Å². The van der Waals surface area contributed by atoms with Gasteiger partial charge in [-0.15, -0.1) is 0 Å². The van der Waals surface area contributed by atoms with Gasteiger partial charge in [-0.1, -0.05) is 127 Å². The van der Waals surface area contributed by atoms with Crippen LogP contribution in [0.5, 0.6) is 0 Å². The summed E-state index contributed by atoms with van der Waals surface area (Å²) in [7, 11) is 0. The first-order chi connectivity index (χ1) is 31.1. The van der Waals surface area contributed by atoms with Crippen LogP contribution in [0.15, 0.2) is 109 Å². The minimum absolute atomic E-state index is 0.505. The van der Waals surface area contributed by atoms with Gasteiger partial charge in [0.25, 0.3) is 0 Å². The first-order valence-electron chi connectivity index (χ1n) is 24.9. The Bertz CT molecular complexity index is 2760. The van der Waals surface area contributed by atoms with Crippen molar-refractivity contribution in [2.24, 2.45) is 0 Å². The third kappa shape index (κ3) is 8.16. The van der Waals surface area contributed by atoms with Crippen LogP contribution in [0.1, 0.15) is 165 Å². The Morgan fingerprint density at radius 2 is 1.10 bits per heavy atom. The first kappa shape index (κ1) is 42.8. The number of fused-ring (bicyclic) bond motifs is 9. The molecule has 0 amide bonds. The number of likely N-dealkylation sites (N-methyl/N-ethyl adjacent to an activating group) is 1. The van der Waals surface area contributed by atoms with Crippen molar-refractivity contribution in [1.29, 1.82) is 0 Å². The second kappa shape index (κ2) is 19.5. The SMILES string of the molecule is CCC1CCCCC/C=C\c2c1c1cc(-n3c4c(c5cc(-n6c7c(c8ccccc86)C(C)CCCCC/C=C\7)ccc53)N(CC)CC=C4)ccc1n2-c1ccccc1.CCCCC. The van der Waals surface area contributed by atoms with Crippen molar-refractivity contribution in [3.63, 3.8) is 0 Å². The van der Waals surface area contributed by atoms with Gasteiger partial charge in [0.15, 0.2) is 0 Å². The first-order valence-corrected chi connectivity index (χ1v) is 24.9. The quantitative estimate of drug-likeness (QED) is 0.156. The summed E-state index contributed by atoms with van der Waals surface area (Å²) < 4.78 is 7.66. The highest BCUT2D eigenvalue weighted by Crippen LogP contribution is 2.45. The fourth-order valence-corrected chi connectivity index (χ4v) is 11.2. The largest absolute Gasteiger partial charge is 0.366 e. The van der Waals surface area contributed by atoms with Gasteiger partial charge in [-0.25, -0.2) is 0 Å². The van der Waals surface area contributed by atoms with E-state index in [0.29, 0.717) is 11.8 Å². The molecule has 0 spiro atoms. The number of unbranched alkanes of at least 4 members (excludes halogenated alkanes) is 2. The number of hydrogen-bond donors (Lipinski definition) is 0. The monoisotopic (exact) mass is 835 g/mol. The zero-order chi connectivity index (χ0) is 43.3. The summed E-state index contributed by atoms with van der Waals surface area (Å²) in [5.41, 5.74) is 15.9. The van der Waals surface area contributed by atoms with E-state index in [2.05, 4.69) is 181 Å². The lowest BCUT2D eigenvalue weighted by molar-refractivity contribution is 0.547. The molecular weight excluding hydrogens is 765 g/mol. The number of nitrogens with zero attached hydrogens (tertiary/aromatic N) is 4. The van der Waals surface area contributed by atoms with Gasteiger partial charge in [0.1, 0.15) is 0 Å². The van der Waals surface area contributed by atoms with Crippen LogP contribution in [0, 0.1) is 0 Å². The van der Waals surface area contributed by atoms with Gasteiger partial charge >= 0.3 is 0 Å². The molecule has 0 saturated heterocycles. The van der Waals surface area contributed by atoms with E-state index in [9.17, 15) is 0 Å². The molecule has 2 unspecified atom stereocenters. The van der Waals surface area contributed by atoms with Crippen LogP contribution in [0.25, 0.3) is 68.0 Å². The molecule has 4 heterocycles. The number of para-hydroxylation sites is 2.